The van der Waals surface area contributed by atoms with Crippen LogP contribution >= 0.6 is 0 Å². The van der Waals surface area contributed by atoms with Gasteiger partial charge in [0, 0.05) is 32.7 Å². The van der Waals surface area contributed by atoms with Crippen LogP contribution in [0.4, 0.5) is 0 Å². The Kier molecular flexibility index (Phi) is 4.96. The number of hydrogen-bond donors (Lipinski definition) is 0. The van der Waals surface area contributed by atoms with E-state index in [1.807, 2.05) is 0 Å². The third-order valence-corrected chi connectivity index (χ3v) is 5.39. The molecule has 2 aliphatic heterocycles. The topological polar surface area (TPSA) is 60.9 Å². The molecule has 3 amide bonds. The zero-order valence-electron chi connectivity index (χ0n) is 15.9. The molecule has 1 saturated heterocycles. The summed E-state index contributed by atoms with van der Waals surface area (Å²) < 4.78 is 0. The Morgan fingerprint density at radius 1 is 0.893 bits per heavy atom. The minimum Gasteiger partial charge on any atom is -0.339 e. The molecule has 2 aliphatic rings. The van der Waals surface area contributed by atoms with Crippen molar-refractivity contribution in [2.24, 2.45) is 0 Å². The third kappa shape index (κ3) is 3.55. The quantitative estimate of drug-likeness (QED) is 0.764. The van der Waals surface area contributed by atoms with E-state index >= 15 is 0 Å². The first kappa shape index (κ1) is 18.4. The van der Waals surface area contributed by atoms with Crippen LogP contribution in [-0.4, -0.2) is 65.1 Å². The van der Waals surface area contributed by atoms with Gasteiger partial charge in [0.05, 0.1) is 11.1 Å². The zero-order valence-corrected chi connectivity index (χ0v) is 15.9. The summed E-state index contributed by atoms with van der Waals surface area (Å²) >= 11 is 0. The molecule has 0 saturated carbocycles. The molecule has 0 aliphatic carbocycles. The van der Waals surface area contributed by atoms with Gasteiger partial charge in [0.2, 0.25) is 5.91 Å². The number of benzene rings is 2. The molecule has 6 nitrogen and oxygen atoms in total. The van der Waals surface area contributed by atoms with Gasteiger partial charge in [-0.25, -0.2) is 0 Å². The molecule has 0 bridgehead atoms. The molecule has 28 heavy (non-hydrogen) atoms. The summed E-state index contributed by atoms with van der Waals surface area (Å²) in [5.41, 5.74) is 3.27. The van der Waals surface area contributed by atoms with Gasteiger partial charge in [-0.3, -0.25) is 24.2 Å². The molecule has 2 heterocycles. The average molecular weight is 377 g/mol. The lowest BCUT2D eigenvalue weighted by molar-refractivity contribution is -0.133. The molecule has 0 spiro atoms. The lowest BCUT2D eigenvalue weighted by Crippen LogP contribution is -2.51. The van der Waals surface area contributed by atoms with Crippen LogP contribution < -0.4 is 0 Å². The lowest BCUT2D eigenvalue weighted by Gasteiger charge is -2.35. The van der Waals surface area contributed by atoms with Crippen LogP contribution in [0.5, 0.6) is 0 Å². The second-order valence-corrected chi connectivity index (χ2v) is 7.39. The van der Waals surface area contributed by atoms with Crippen LogP contribution in [0, 0.1) is 6.92 Å². The number of piperazine rings is 1. The van der Waals surface area contributed by atoms with E-state index in [-0.39, 0.29) is 24.3 Å². The molecule has 4 rings (SSSR count). The Labute approximate surface area is 164 Å². The predicted molar refractivity (Wildman–Crippen MR) is 105 cm³/mol. The molecule has 0 radical (unpaired) electrons. The number of aryl methyl sites for hydroxylation is 1. The normalized spacial score (nSPS) is 17.2. The minimum absolute atomic E-state index is 0.176. The molecule has 0 aromatic heterocycles. The van der Waals surface area contributed by atoms with E-state index in [0.29, 0.717) is 24.2 Å². The minimum atomic E-state index is -0.382. The molecule has 2 aromatic rings. The van der Waals surface area contributed by atoms with Crippen molar-refractivity contribution in [1.82, 2.24) is 14.7 Å². The highest BCUT2D eigenvalue weighted by Gasteiger charge is 2.37. The van der Waals surface area contributed by atoms with E-state index in [1.165, 1.54) is 11.1 Å². The Morgan fingerprint density at radius 3 is 2.14 bits per heavy atom. The van der Waals surface area contributed by atoms with Crippen LogP contribution in [0.2, 0.25) is 0 Å². The predicted octanol–water partition coefficient (Wildman–Crippen LogP) is 1.94. The largest absolute Gasteiger partial charge is 0.339 e. The summed E-state index contributed by atoms with van der Waals surface area (Å²) in [6.45, 7) is 5.52. The van der Waals surface area contributed by atoms with Crippen LogP contribution in [0.1, 0.15) is 31.8 Å². The van der Waals surface area contributed by atoms with Crippen LogP contribution in [-0.2, 0) is 11.3 Å². The van der Waals surface area contributed by atoms with Crippen LogP contribution in [0.3, 0.4) is 0 Å². The van der Waals surface area contributed by atoms with Gasteiger partial charge >= 0.3 is 0 Å². The van der Waals surface area contributed by atoms with Crippen molar-refractivity contribution in [3.63, 3.8) is 0 Å². The molecule has 144 valence electrons. The van der Waals surface area contributed by atoms with E-state index in [4.69, 9.17) is 0 Å². The molecule has 2 aromatic carbocycles. The van der Waals surface area contributed by atoms with E-state index in [9.17, 15) is 14.4 Å². The molecule has 0 atom stereocenters. The SMILES string of the molecule is Cc1cccc(CN2CCN(C(=O)CN3C(=O)c4ccccc4C3=O)CC2)c1. The summed E-state index contributed by atoms with van der Waals surface area (Å²) in [7, 11) is 0. The van der Waals surface area contributed by atoms with Crippen molar-refractivity contribution in [2.75, 3.05) is 32.7 Å². The van der Waals surface area contributed by atoms with Crippen molar-refractivity contribution < 1.29 is 14.4 Å². The fraction of sp³-hybridized carbons (Fsp3) is 0.318. The highest BCUT2D eigenvalue weighted by atomic mass is 16.2. The van der Waals surface area contributed by atoms with E-state index in [0.717, 1.165) is 24.5 Å². The van der Waals surface area contributed by atoms with Gasteiger partial charge < -0.3 is 4.90 Å². The standard InChI is InChI=1S/C22H23N3O3/c1-16-5-4-6-17(13-16)14-23-9-11-24(12-10-23)20(26)15-25-21(27)18-7-2-3-8-19(18)22(25)28/h2-8,13H,9-12,14-15H2,1H3. The van der Waals surface area contributed by atoms with Crippen LogP contribution in [0.15, 0.2) is 48.5 Å². The highest BCUT2D eigenvalue weighted by molar-refractivity contribution is 6.22. The molecule has 1 fully saturated rings. The van der Waals surface area contributed by atoms with Gasteiger partial charge in [-0.15, -0.1) is 0 Å². The maximum Gasteiger partial charge on any atom is 0.262 e. The van der Waals surface area contributed by atoms with Gasteiger partial charge in [-0.2, -0.15) is 0 Å². The first-order valence-electron chi connectivity index (χ1n) is 9.54. The Balaban J connectivity index is 1.32. The van der Waals surface area contributed by atoms with Gasteiger partial charge in [-0.1, -0.05) is 42.0 Å². The second kappa shape index (κ2) is 7.56. The molecule has 0 N–H and O–H groups in total. The molecular weight excluding hydrogens is 354 g/mol. The van der Waals surface area contributed by atoms with Gasteiger partial charge in [-0.05, 0) is 24.6 Å². The second-order valence-electron chi connectivity index (χ2n) is 7.39. The smallest absolute Gasteiger partial charge is 0.262 e. The maximum absolute atomic E-state index is 12.7. The average Bonchev–Trinajstić information content (AvgIpc) is 2.94. The summed E-state index contributed by atoms with van der Waals surface area (Å²) in [6, 6.07) is 15.2. The van der Waals surface area contributed by atoms with Crippen molar-refractivity contribution in [2.45, 2.75) is 13.5 Å². The monoisotopic (exact) mass is 377 g/mol. The number of hydrogen-bond acceptors (Lipinski definition) is 4. The first-order chi connectivity index (χ1) is 13.5. The maximum atomic E-state index is 12.7. The zero-order chi connectivity index (χ0) is 19.7. The van der Waals surface area contributed by atoms with Gasteiger partial charge in [0.15, 0.2) is 0 Å². The molecule has 6 heteroatoms. The van der Waals surface area contributed by atoms with Crippen molar-refractivity contribution >= 4 is 17.7 Å². The van der Waals surface area contributed by atoms with Gasteiger partial charge in [0.1, 0.15) is 6.54 Å². The summed E-state index contributed by atoms with van der Waals surface area (Å²) in [5.74, 6) is -0.941. The number of nitrogens with zero attached hydrogens (tertiary/aromatic N) is 3. The van der Waals surface area contributed by atoms with Crippen molar-refractivity contribution in [1.29, 1.82) is 0 Å². The number of carbonyl (C=O) groups excluding carboxylic acids is 3. The number of carbonyl (C=O) groups is 3. The summed E-state index contributed by atoms with van der Waals surface area (Å²) in [6.07, 6.45) is 0. The van der Waals surface area contributed by atoms with Crippen LogP contribution in [0.25, 0.3) is 0 Å². The fourth-order valence-corrected chi connectivity index (χ4v) is 3.84. The third-order valence-electron chi connectivity index (χ3n) is 5.39. The Bertz CT molecular complexity index is 897. The van der Waals surface area contributed by atoms with E-state index in [1.54, 1.807) is 29.2 Å². The van der Waals surface area contributed by atoms with E-state index in [2.05, 4.69) is 36.1 Å². The van der Waals surface area contributed by atoms with E-state index < -0.39 is 0 Å². The highest BCUT2D eigenvalue weighted by Crippen LogP contribution is 2.22. The van der Waals surface area contributed by atoms with Crippen molar-refractivity contribution in [3.05, 3.63) is 70.8 Å². The summed E-state index contributed by atoms with van der Waals surface area (Å²) in [5, 5.41) is 0. The summed E-state index contributed by atoms with van der Waals surface area (Å²) in [4.78, 5) is 42.7. The lowest BCUT2D eigenvalue weighted by atomic mass is 10.1. The van der Waals surface area contributed by atoms with Crippen molar-refractivity contribution in [3.8, 4) is 0 Å². The van der Waals surface area contributed by atoms with Gasteiger partial charge in [0.25, 0.3) is 11.8 Å². The number of amides is 3. The number of rotatable bonds is 4. The molecular formula is C22H23N3O3. The first-order valence-corrected chi connectivity index (χ1v) is 9.54. The number of fused-ring (bicyclic) bond motifs is 1. The number of imide groups is 1. The fourth-order valence-electron chi connectivity index (χ4n) is 3.84. The Morgan fingerprint density at radius 2 is 1.54 bits per heavy atom. The Hall–Kier alpha value is -2.99. The molecule has 0 unspecified atom stereocenters.